The number of anilines is 1. The topological polar surface area (TPSA) is 46.2 Å². The van der Waals surface area contributed by atoms with Crippen LogP contribution in [0, 0.1) is 0 Å². The molecule has 88 valence electrons. The Morgan fingerprint density at radius 1 is 1.19 bits per heavy atom. The maximum atomic E-state index is 11.7. The van der Waals surface area contributed by atoms with E-state index >= 15 is 0 Å². The summed E-state index contributed by atoms with van der Waals surface area (Å²) in [7, 11) is -3.23. The van der Waals surface area contributed by atoms with Crippen LogP contribution in [-0.4, -0.2) is 8.42 Å². The molecule has 3 nitrogen and oxygen atoms in total. The number of para-hydroxylation sites is 1. The molecule has 0 amide bonds. The van der Waals surface area contributed by atoms with Gasteiger partial charge in [0.2, 0.25) is 9.84 Å². The highest BCUT2D eigenvalue weighted by Gasteiger charge is 2.21. The minimum absolute atomic E-state index is 0.359. The second kappa shape index (κ2) is 5.16. The van der Waals surface area contributed by atoms with Crippen molar-refractivity contribution in [2.24, 2.45) is 0 Å². The Morgan fingerprint density at radius 3 is 2.44 bits per heavy atom. The van der Waals surface area contributed by atoms with Crippen LogP contribution in [-0.2, 0) is 9.84 Å². The van der Waals surface area contributed by atoms with E-state index < -0.39 is 9.84 Å². The summed E-state index contributed by atoms with van der Waals surface area (Å²) in [5.41, 5.74) is 1.41. The first-order valence-electron chi connectivity index (χ1n) is 5.45. The smallest absolute Gasteiger partial charge is 0.203 e. The lowest BCUT2D eigenvalue weighted by Gasteiger charge is -2.17. The lowest BCUT2D eigenvalue weighted by atomic mass is 10.3. The van der Waals surface area contributed by atoms with Crippen LogP contribution in [0.5, 0.6) is 0 Å². The van der Waals surface area contributed by atoms with Gasteiger partial charge in [0.25, 0.3) is 0 Å². The van der Waals surface area contributed by atoms with Crippen molar-refractivity contribution in [2.75, 3.05) is 5.32 Å². The fourth-order valence-electron chi connectivity index (χ4n) is 1.44. The maximum Gasteiger partial charge on any atom is 0.203 e. The first-order chi connectivity index (χ1) is 7.63. The van der Waals surface area contributed by atoms with Crippen molar-refractivity contribution >= 4 is 15.5 Å². The van der Waals surface area contributed by atoms with Gasteiger partial charge < -0.3 is 5.32 Å². The van der Waals surface area contributed by atoms with Gasteiger partial charge >= 0.3 is 0 Å². The van der Waals surface area contributed by atoms with E-state index in [9.17, 15) is 8.42 Å². The summed E-state index contributed by atoms with van der Waals surface area (Å²) < 4.78 is 23.5. The van der Waals surface area contributed by atoms with E-state index in [4.69, 9.17) is 0 Å². The van der Waals surface area contributed by atoms with Crippen LogP contribution >= 0.6 is 0 Å². The molecular weight excluding hydrogens is 222 g/mol. The van der Waals surface area contributed by atoms with E-state index in [1.54, 1.807) is 18.2 Å². The molecule has 0 aromatic heterocycles. The predicted octanol–water partition coefficient (Wildman–Crippen LogP) is 3.16. The first-order valence-corrected chi connectivity index (χ1v) is 7.00. The quantitative estimate of drug-likeness (QED) is 0.818. The van der Waals surface area contributed by atoms with Crippen LogP contribution in [0.2, 0.25) is 0 Å². The lowest BCUT2D eigenvalue weighted by Crippen LogP contribution is -2.12. The molecule has 1 aromatic rings. The van der Waals surface area contributed by atoms with Crippen LogP contribution in [0.1, 0.15) is 27.2 Å². The molecule has 1 aromatic carbocycles. The highest BCUT2D eigenvalue weighted by Crippen LogP contribution is 2.29. The highest BCUT2D eigenvalue weighted by atomic mass is 32.2. The lowest BCUT2D eigenvalue weighted by molar-refractivity contribution is 0.604. The molecule has 16 heavy (non-hydrogen) atoms. The minimum Gasteiger partial charge on any atom is -0.357 e. The van der Waals surface area contributed by atoms with Gasteiger partial charge in [0.15, 0.2) is 0 Å². The second-order valence-corrected chi connectivity index (χ2v) is 4.93. The summed E-state index contributed by atoms with van der Waals surface area (Å²) in [6.07, 6.45) is 0.688. The molecular formula is C12H17NO2S. The summed E-state index contributed by atoms with van der Waals surface area (Å²) in [6.45, 7) is 5.92. The summed E-state index contributed by atoms with van der Waals surface area (Å²) >= 11 is 0. The van der Waals surface area contributed by atoms with Crippen molar-refractivity contribution in [1.29, 1.82) is 0 Å². The number of benzene rings is 1. The molecule has 1 aliphatic rings. The molecule has 0 aliphatic carbocycles. The molecule has 1 N–H and O–H groups in total. The number of hydrogen-bond acceptors (Lipinski definition) is 3. The van der Waals surface area contributed by atoms with Crippen molar-refractivity contribution in [3.05, 3.63) is 35.4 Å². The average Bonchev–Trinajstić information content (AvgIpc) is 2.31. The normalized spacial score (nSPS) is 16.1. The molecule has 0 radical (unpaired) electrons. The maximum absolute atomic E-state index is 11.7. The molecule has 2 rings (SSSR count). The van der Waals surface area contributed by atoms with Crippen molar-refractivity contribution in [3.63, 3.8) is 0 Å². The van der Waals surface area contributed by atoms with Gasteiger partial charge in [-0.3, -0.25) is 0 Å². The van der Waals surface area contributed by atoms with Gasteiger partial charge in [-0.2, -0.15) is 0 Å². The van der Waals surface area contributed by atoms with Crippen LogP contribution in [0.4, 0.5) is 5.69 Å². The molecule has 1 aliphatic heterocycles. The Morgan fingerprint density at radius 2 is 1.81 bits per heavy atom. The zero-order chi connectivity index (χ0) is 12.2. The number of rotatable bonds is 1. The van der Waals surface area contributed by atoms with Gasteiger partial charge in [-0.15, -0.1) is 0 Å². The predicted molar refractivity (Wildman–Crippen MR) is 67.0 cm³/mol. The van der Waals surface area contributed by atoms with Gasteiger partial charge in [0.1, 0.15) is 0 Å². The monoisotopic (exact) mass is 239 g/mol. The zero-order valence-electron chi connectivity index (χ0n) is 9.82. The van der Waals surface area contributed by atoms with E-state index in [-0.39, 0.29) is 0 Å². The Balaban J connectivity index is 0.000000606. The van der Waals surface area contributed by atoms with Crippen molar-refractivity contribution in [3.8, 4) is 0 Å². The van der Waals surface area contributed by atoms with Crippen LogP contribution < -0.4 is 5.32 Å². The molecule has 0 saturated heterocycles. The standard InChI is InChI=1S/C10H11NO2S.C2H6/c1-2-8-7-14(12,13)10-6-4-3-5-9(10)11-8;1-2/h3-7,11H,2H2,1H3;1-2H3. The van der Waals surface area contributed by atoms with E-state index in [2.05, 4.69) is 5.32 Å². The summed E-state index contributed by atoms with van der Waals surface area (Å²) in [5, 5.41) is 4.39. The van der Waals surface area contributed by atoms with E-state index in [0.29, 0.717) is 17.0 Å². The fourth-order valence-corrected chi connectivity index (χ4v) is 2.86. The summed E-state index contributed by atoms with van der Waals surface area (Å²) in [6, 6.07) is 6.93. The van der Waals surface area contributed by atoms with Crippen molar-refractivity contribution in [2.45, 2.75) is 32.1 Å². The van der Waals surface area contributed by atoms with Gasteiger partial charge in [0, 0.05) is 5.70 Å². The number of nitrogens with one attached hydrogen (secondary N) is 1. The van der Waals surface area contributed by atoms with E-state index in [1.807, 2.05) is 26.8 Å². The SMILES string of the molecule is CC.CCC1=CS(=O)(=O)c2ccccc2N1. The fraction of sp³-hybridized carbons (Fsp3) is 0.333. The Bertz CT molecular complexity index is 489. The van der Waals surface area contributed by atoms with Crippen LogP contribution in [0.25, 0.3) is 0 Å². The number of allylic oxidation sites excluding steroid dienone is 1. The summed E-state index contributed by atoms with van der Waals surface area (Å²) in [5.74, 6) is 0. The number of sulfone groups is 1. The molecule has 4 heteroatoms. The van der Waals surface area contributed by atoms with Crippen LogP contribution in [0.15, 0.2) is 40.3 Å². The third-order valence-electron chi connectivity index (χ3n) is 2.17. The van der Waals surface area contributed by atoms with Gasteiger partial charge in [-0.05, 0) is 18.6 Å². The van der Waals surface area contributed by atoms with E-state index in [1.165, 1.54) is 5.41 Å². The molecule has 0 saturated carbocycles. The largest absolute Gasteiger partial charge is 0.357 e. The molecule has 0 fully saturated rings. The highest BCUT2D eigenvalue weighted by molar-refractivity contribution is 7.94. The molecule has 0 unspecified atom stereocenters. The molecule has 0 bridgehead atoms. The Labute approximate surface area is 97.1 Å². The first kappa shape index (κ1) is 12.8. The molecule has 0 atom stereocenters. The van der Waals surface area contributed by atoms with Crippen molar-refractivity contribution < 1.29 is 8.42 Å². The van der Waals surface area contributed by atoms with Crippen molar-refractivity contribution in [1.82, 2.24) is 0 Å². The zero-order valence-corrected chi connectivity index (χ0v) is 10.6. The molecule has 1 heterocycles. The van der Waals surface area contributed by atoms with Gasteiger partial charge in [-0.1, -0.05) is 32.9 Å². The van der Waals surface area contributed by atoms with Crippen LogP contribution in [0.3, 0.4) is 0 Å². The third kappa shape index (κ3) is 2.44. The Hall–Kier alpha value is -1.29. The van der Waals surface area contributed by atoms with Gasteiger partial charge in [-0.25, -0.2) is 8.42 Å². The second-order valence-electron chi connectivity index (χ2n) is 3.16. The summed E-state index contributed by atoms with van der Waals surface area (Å²) in [4.78, 5) is 0.359. The third-order valence-corrected chi connectivity index (χ3v) is 3.73. The average molecular weight is 239 g/mol. The van der Waals surface area contributed by atoms with Gasteiger partial charge in [0.05, 0.1) is 16.0 Å². The molecule has 0 spiro atoms. The number of fused-ring (bicyclic) bond motifs is 1. The number of hydrogen-bond donors (Lipinski definition) is 1. The minimum atomic E-state index is -3.23. The Kier molecular flexibility index (Phi) is 4.12. The van der Waals surface area contributed by atoms with E-state index in [0.717, 1.165) is 5.70 Å².